The molecule has 29 heavy (non-hydrogen) atoms. The molecule has 1 saturated heterocycles. The highest BCUT2D eigenvalue weighted by atomic mass is 35.5. The fraction of sp³-hybridized carbons (Fsp3) is 0.318. The van der Waals surface area contributed by atoms with Gasteiger partial charge in [0, 0.05) is 29.4 Å². The number of rotatable bonds is 5. The molecule has 6 nitrogen and oxygen atoms in total. The van der Waals surface area contributed by atoms with Gasteiger partial charge in [0.2, 0.25) is 5.91 Å². The minimum atomic E-state index is -0.614. The lowest BCUT2D eigenvalue weighted by molar-refractivity contribution is -0.151. The third-order valence-corrected chi connectivity index (χ3v) is 5.47. The Balaban J connectivity index is 1.54. The standard InChI is InChI=1S/C22H23ClN2O4/c1-13-4-6-17(8-15(13)3)24-20(26)12-29-22(28)16-9-21(27)25(11-16)18-7-5-14(2)19(23)10-18/h4-8,10,16H,9,11-12H2,1-3H3,(H,24,26)/t16-/m0/s1. The maximum Gasteiger partial charge on any atom is 0.311 e. The van der Waals surface area contributed by atoms with Gasteiger partial charge in [-0.25, -0.2) is 0 Å². The summed E-state index contributed by atoms with van der Waals surface area (Å²) in [5.41, 5.74) is 4.38. The fourth-order valence-electron chi connectivity index (χ4n) is 3.14. The summed E-state index contributed by atoms with van der Waals surface area (Å²) < 4.78 is 5.13. The third kappa shape index (κ3) is 4.95. The third-order valence-electron chi connectivity index (χ3n) is 5.06. The van der Waals surface area contributed by atoms with E-state index >= 15 is 0 Å². The Labute approximate surface area is 174 Å². The van der Waals surface area contributed by atoms with Crippen LogP contribution in [0.1, 0.15) is 23.1 Å². The molecular weight excluding hydrogens is 392 g/mol. The van der Waals surface area contributed by atoms with Gasteiger partial charge in [-0.15, -0.1) is 0 Å². The van der Waals surface area contributed by atoms with Crippen LogP contribution in [0.5, 0.6) is 0 Å². The molecule has 0 unspecified atom stereocenters. The van der Waals surface area contributed by atoms with Crippen LogP contribution in [0.15, 0.2) is 36.4 Å². The summed E-state index contributed by atoms with van der Waals surface area (Å²) in [6.07, 6.45) is 0.0447. The highest BCUT2D eigenvalue weighted by molar-refractivity contribution is 6.31. The number of nitrogens with zero attached hydrogens (tertiary/aromatic N) is 1. The number of nitrogens with one attached hydrogen (secondary N) is 1. The summed E-state index contributed by atoms with van der Waals surface area (Å²) in [4.78, 5) is 38.2. The molecule has 1 aliphatic heterocycles. The van der Waals surface area contributed by atoms with Crippen molar-refractivity contribution in [2.45, 2.75) is 27.2 Å². The van der Waals surface area contributed by atoms with Crippen LogP contribution in [0.2, 0.25) is 5.02 Å². The van der Waals surface area contributed by atoms with Crippen molar-refractivity contribution >= 4 is 40.8 Å². The lowest BCUT2D eigenvalue weighted by atomic mass is 10.1. The summed E-state index contributed by atoms with van der Waals surface area (Å²) >= 11 is 6.13. The lowest BCUT2D eigenvalue weighted by Gasteiger charge is -2.17. The Kier molecular flexibility index (Phi) is 6.23. The zero-order valence-corrected chi connectivity index (χ0v) is 17.4. The van der Waals surface area contributed by atoms with Crippen LogP contribution in [0.25, 0.3) is 0 Å². The van der Waals surface area contributed by atoms with E-state index in [0.717, 1.165) is 16.7 Å². The second kappa shape index (κ2) is 8.66. The highest BCUT2D eigenvalue weighted by Gasteiger charge is 2.36. The van der Waals surface area contributed by atoms with Crippen molar-refractivity contribution in [3.63, 3.8) is 0 Å². The number of anilines is 2. The minimum absolute atomic E-state index is 0.0447. The molecule has 0 radical (unpaired) electrons. The monoisotopic (exact) mass is 414 g/mol. The molecule has 1 heterocycles. The van der Waals surface area contributed by atoms with Crippen LogP contribution >= 0.6 is 11.6 Å². The molecular formula is C22H23ClN2O4. The van der Waals surface area contributed by atoms with E-state index < -0.39 is 24.4 Å². The number of esters is 1. The maximum atomic E-state index is 12.3. The van der Waals surface area contributed by atoms with Crippen LogP contribution in [-0.4, -0.2) is 30.9 Å². The van der Waals surface area contributed by atoms with Gasteiger partial charge in [-0.3, -0.25) is 14.4 Å². The number of aryl methyl sites for hydroxylation is 3. The van der Waals surface area contributed by atoms with Gasteiger partial charge in [0.25, 0.3) is 5.91 Å². The first kappa shape index (κ1) is 20.9. The summed E-state index contributed by atoms with van der Waals surface area (Å²) in [6, 6.07) is 10.9. The first-order valence-electron chi connectivity index (χ1n) is 9.35. The molecule has 7 heteroatoms. The predicted molar refractivity (Wildman–Crippen MR) is 112 cm³/mol. The quantitative estimate of drug-likeness (QED) is 0.755. The molecule has 0 aliphatic carbocycles. The van der Waals surface area contributed by atoms with Crippen molar-refractivity contribution in [3.8, 4) is 0 Å². The average Bonchev–Trinajstić information content (AvgIpc) is 3.07. The van der Waals surface area contributed by atoms with E-state index in [2.05, 4.69) is 5.32 Å². The van der Waals surface area contributed by atoms with E-state index in [1.165, 1.54) is 4.90 Å². The van der Waals surface area contributed by atoms with Crippen molar-refractivity contribution in [1.82, 2.24) is 0 Å². The number of carbonyl (C=O) groups excluding carboxylic acids is 3. The molecule has 1 fully saturated rings. The van der Waals surface area contributed by atoms with Crippen LogP contribution in [-0.2, 0) is 19.1 Å². The van der Waals surface area contributed by atoms with Crippen molar-refractivity contribution in [1.29, 1.82) is 0 Å². The number of amides is 2. The van der Waals surface area contributed by atoms with Gasteiger partial charge >= 0.3 is 5.97 Å². The smallest absolute Gasteiger partial charge is 0.311 e. The van der Waals surface area contributed by atoms with Crippen LogP contribution in [0, 0.1) is 26.7 Å². The van der Waals surface area contributed by atoms with E-state index in [1.807, 2.05) is 39.0 Å². The van der Waals surface area contributed by atoms with Gasteiger partial charge < -0.3 is 15.0 Å². The number of hydrogen-bond acceptors (Lipinski definition) is 4. The van der Waals surface area contributed by atoms with Gasteiger partial charge in [-0.2, -0.15) is 0 Å². The van der Waals surface area contributed by atoms with E-state index in [0.29, 0.717) is 16.4 Å². The maximum absolute atomic E-state index is 12.3. The molecule has 2 aromatic carbocycles. The van der Waals surface area contributed by atoms with Crippen molar-refractivity contribution in [2.24, 2.45) is 5.92 Å². The van der Waals surface area contributed by atoms with Gasteiger partial charge in [0.1, 0.15) is 0 Å². The molecule has 0 bridgehead atoms. The molecule has 2 amide bonds. The number of hydrogen-bond donors (Lipinski definition) is 1. The largest absolute Gasteiger partial charge is 0.455 e. The Hall–Kier alpha value is -2.86. The van der Waals surface area contributed by atoms with Crippen LogP contribution in [0.3, 0.4) is 0 Å². The van der Waals surface area contributed by atoms with Crippen molar-refractivity contribution in [3.05, 3.63) is 58.1 Å². The summed E-state index contributed by atoms with van der Waals surface area (Å²) in [7, 11) is 0. The molecule has 0 saturated carbocycles. The van der Waals surface area contributed by atoms with E-state index in [1.54, 1.807) is 18.2 Å². The first-order valence-corrected chi connectivity index (χ1v) is 9.72. The average molecular weight is 415 g/mol. The molecule has 2 aromatic rings. The Morgan fingerprint density at radius 2 is 1.83 bits per heavy atom. The SMILES string of the molecule is Cc1ccc(NC(=O)COC(=O)[C@H]2CC(=O)N(c3ccc(C)c(Cl)c3)C2)cc1C. The van der Waals surface area contributed by atoms with Crippen molar-refractivity contribution in [2.75, 3.05) is 23.4 Å². The molecule has 3 rings (SSSR count). The van der Waals surface area contributed by atoms with Gasteiger partial charge in [-0.05, 0) is 61.7 Å². The zero-order chi connectivity index (χ0) is 21.1. The first-order chi connectivity index (χ1) is 13.7. The van der Waals surface area contributed by atoms with Crippen LogP contribution in [0.4, 0.5) is 11.4 Å². The second-order valence-electron chi connectivity index (χ2n) is 7.29. The number of benzene rings is 2. The van der Waals surface area contributed by atoms with E-state index in [4.69, 9.17) is 16.3 Å². The lowest BCUT2D eigenvalue weighted by Crippen LogP contribution is -2.28. The molecule has 1 aliphatic rings. The Morgan fingerprint density at radius 3 is 2.52 bits per heavy atom. The Bertz CT molecular complexity index is 973. The number of ether oxygens (including phenoxy) is 1. The Morgan fingerprint density at radius 1 is 1.10 bits per heavy atom. The van der Waals surface area contributed by atoms with Gasteiger partial charge in [0.15, 0.2) is 6.61 Å². The van der Waals surface area contributed by atoms with Crippen LogP contribution < -0.4 is 10.2 Å². The van der Waals surface area contributed by atoms with E-state index in [-0.39, 0.29) is 18.9 Å². The fourth-order valence-corrected chi connectivity index (χ4v) is 3.31. The zero-order valence-electron chi connectivity index (χ0n) is 16.6. The number of carbonyl (C=O) groups is 3. The topological polar surface area (TPSA) is 75.7 Å². The second-order valence-corrected chi connectivity index (χ2v) is 7.70. The molecule has 0 spiro atoms. The van der Waals surface area contributed by atoms with Gasteiger partial charge in [0.05, 0.1) is 5.92 Å². The minimum Gasteiger partial charge on any atom is -0.455 e. The van der Waals surface area contributed by atoms with Gasteiger partial charge in [-0.1, -0.05) is 23.7 Å². The number of halogens is 1. The van der Waals surface area contributed by atoms with Crippen molar-refractivity contribution < 1.29 is 19.1 Å². The van der Waals surface area contributed by atoms with E-state index in [9.17, 15) is 14.4 Å². The predicted octanol–water partition coefficient (Wildman–Crippen LogP) is 3.80. The molecule has 152 valence electrons. The normalized spacial score (nSPS) is 16.1. The summed E-state index contributed by atoms with van der Waals surface area (Å²) in [6.45, 7) is 5.62. The highest BCUT2D eigenvalue weighted by Crippen LogP contribution is 2.29. The summed E-state index contributed by atoms with van der Waals surface area (Å²) in [5, 5.41) is 3.26. The molecule has 1 atom stereocenters. The molecule has 1 N–H and O–H groups in total. The molecule has 0 aromatic heterocycles. The summed E-state index contributed by atoms with van der Waals surface area (Å²) in [5.74, 6) is -1.77.